The second kappa shape index (κ2) is 9.35. The van der Waals surface area contributed by atoms with E-state index >= 15 is 0 Å². The van der Waals surface area contributed by atoms with Crippen LogP contribution in [0.5, 0.6) is 0 Å². The molecule has 0 N–H and O–H groups in total. The van der Waals surface area contributed by atoms with Crippen LogP contribution in [0.25, 0.3) is 0 Å². The molecule has 0 spiro atoms. The van der Waals surface area contributed by atoms with Crippen LogP contribution in [-0.4, -0.2) is 37.6 Å². The van der Waals surface area contributed by atoms with Gasteiger partial charge in [-0.3, -0.25) is 0 Å². The minimum atomic E-state index is -0.500. The monoisotopic (exact) mass is 446 g/mol. The minimum absolute atomic E-state index is 0.284. The average Bonchev–Trinajstić information content (AvgIpc) is 3.65. The summed E-state index contributed by atoms with van der Waals surface area (Å²) in [5, 5.41) is 0. The van der Waals surface area contributed by atoms with E-state index in [-0.39, 0.29) is 24.4 Å². The van der Waals surface area contributed by atoms with Crippen LogP contribution in [-0.2, 0) is 28.4 Å². The highest BCUT2D eigenvalue weighted by Crippen LogP contribution is 2.42. The summed E-state index contributed by atoms with van der Waals surface area (Å²) in [4.78, 5) is 0. The zero-order valence-electron chi connectivity index (χ0n) is 18.1. The van der Waals surface area contributed by atoms with Crippen LogP contribution in [0.15, 0.2) is 91.0 Å². The van der Waals surface area contributed by atoms with Gasteiger partial charge >= 0.3 is 0 Å². The third-order valence-electron chi connectivity index (χ3n) is 6.25. The van der Waals surface area contributed by atoms with Gasteiger partial charge in [0, 0.05) is 16.7 Å². The molecule has 3 saturated heterocycles. The SMILES string of the molecule is c1ccc(C2O[C@@H]([C@@H]3COC(c4ccccc4)O3)[C@H]([C@H]3COC(c4ccccc4)O3)O2)cc1. The lowest BCUT2D eigenvalue weighted by Crippen LogP contribution is -2.44. The van der Waals surface area contributed by atoms with Crippen LogP contribution < -0.4 is 0 Å². The Kier molecular flexibility index (Phi) is 5.94. The van der Waals surface area contributed by atoms with E-state index in [1.807, 2.05) is 91.0 Å². The van der Waals surface area contributed by atoms with Gasteiger partial charge in [0.2, 0.25) is 0 Å². The second-order valence-electron chi connectivity index (χ2n) is 8.44. The third-order valence-corrected chi connectivity index (χ3v) is 6.25. The van der Waals surface area contributed by atoms with Crippen molar-refractivity contribution in [3.63, 3.8) is 0 Å². The van der Waals surface area contributed by atoms with E-state index in [1.165, 1.54) is 0 Å². The van der Waals surface area contributed by atoms with Gasteiger partial charge in [-0.1, -0.05) is 91.0 Å². The molecule has 0 aliphatic carbocycles. The summed E-state index contributed by atoms with van der Waals surface area (Å²) in [6, 6.07) is 29.8. The summed E-state index contributed by atoms with van der Waals surface area (Å²) in [5.41, 5.74) is 2.93. The highest BCUT2D eigenvalue weighted by atomic mass is 16.8. The van der Waals surface area contributed by atoms with Crippen molar-refractivity contribution in [2.75, 3.05) is 13.2 Å². The zero-order chi connectivity index (χ0) is 22.0. The smallest absolute Gasteiger partial charge is 0.184 e. The average molecular weight is 446 g/mol. The van der Waals surface area contributed by atoms with E-state index in [0.29, 0.717) is 13.2 Å². The van der Waals surface area contributed by atoms with Gasteiger partial charge in [0.25, 0.3) is 0 Å². The fraction of sp³-hybridized carbons (Fsp3) is 0.333. The lowest BCUT2D eigenvalue weighted by Gasteiger charge is -2.25. The van der Waals surface area contributed by atoms with E-state index in [1.54, 1.807) is 0 Å². The Bertz CT molecular complexity index is 965. The summed E-state index contributed by atoms with van der Waals surface area (Å²) in [6.45, 7) is 0.836. The van der Waals surface area contributed by atoms with Crippen LogP contribution in [0.1, 0.15) is 35.6 Å². The Labute approximate surface area is 192 Å². The topological polar surface area (TPSA) is 55.4 Å². The molecule has 3 aliphatic rings. The molecule has 6 rings (SSSR count). The summed E-state index contributed by atoms with van der Waals surface area (Å²) in [6.07, 6.45) is -2.62. The van der Waals surface area contributed by atoms with Crippen molar-refractivity contribution >= 4 is 0 Å². The van der Waals surface area contributed by atoms with Crippen molar-refractivity contribution in [2.24, 2.45) is 0 Å². The molecule has 3 unspecified atom stereocenters. The Morgan fingerprint density at radius 3 is 1.18 bits per heavy atom. The van der Waals surface area contributed by atoms with Crippen molar-refractivity contribution in [1.29, 1.82) is 0 Å². The molecule has 3 aromatic carbocycles. The first-order valence-corrected chi connectivity index (χ1v) is 11.3. The molecule has 3 aromatic rings. The van der Waals surface area contributed by atoms with Crippen LogP contribution in [0.3, 0.4) is 0 Å². The fourth-order valence-electron chi connectivity index (χ4n) is 4.59. The van der Waals surface area contributed by atoms with Crippen molar-refractivity contribution in [3.8, 4) is 0 Å². The van der Waals surface area contributed by atoms with Gasteiger partial charge in [-0.2, -0.15) is 0 Å². The molecule has 6 heteroatoms. The van der Waals surface area contributed by atoms with E-state index in [9.17, 15) is 0 Å². The highest BCUT2D eigenvalue weighted by Gasteiger charge is 2.51. The maximum Gasteiger partial charge on any atom is 0.184 e. The highest BCUT2D eigenvalue weighted by molar-refractivity contribution is 5.19. The number of ether oxygens (including phenoxy) is 6. The summed E-state index contributed by atoms with van der Waals surface area (Å²) in [5.74, 6) is 0. The molecular weight excluding hydrogens is 420 g/mol. The van der Waals surface area contributed by atoms with Gasteiger partial charge in [0.1, 0.15) is 24.4 Å². The Balaban J connectivity index is 1.21. The molecule has 0 bridgehead atoms. The number of hydrogen-bond donors (Lipinski definition) is 0. The zero-order valence-corrected chi connectivity index (χ0v) is 18.1. The normalized spacial score (nSPS) is 34.0. The van der Waals surface area contributed by atoms with Gasteiger partial charge in [0.05, 0.1) is 13.2 Å². The molecule has 0 radical (unpaired) electrons. The number of benzene rings is 3. The van der Waals surface area contributed by atoms with Crippen LogP contribution >= 0.6 is 0 Å². The standard InChI is InChI=1S/C27H26O6/c1-4-10-18(11-5-1)25-28-16-21(30-25)23-24(33-27(32-23)20-14-8-3-9-15-20)22-17-29-26(31-22)19-12-6-2-7-13-19/h1-15,21-27H,16-17H2/t21-,22+,23-,24-,25?,26?,27?/m0/s1. The van der Waals surface area contributed by atoms with E-state index in [2.05, 4.69) is 0 Å². The molecule has 0 amide bonds. The predicted molar refractivity (Wildman–Crippen MR) is 119 cm³/mol. The lowest BCUT2D eigenvalue weighted by atomic mass is 10.0. The summed E-state index contributed by atoms with van der Waals surface area (Å²) >= 11 is 0. The Morgan fingerprint density at radius 2 is 0.788 bits per heavy atom. The largest absolute Gasteiger partial charge is 0.346 e. The number of rotatable bonds is 5. The Hall–Kier alpha value is -2.58. The molecule has 33 heavy (non-hydrogen) atoms. The first-order chi connectivity index (χ1) is 16.3. The first kappa shape index (κ1) is 21.0. The quantitative estimate of drug-likeness (QED) is 0.567. The van der Waals surface area contributed by atoms with Crippen molar-refractivity contribution in [1.82, 2.24) is 0 Å². The van der Waals surface area contributed by atoms with Crippen molar-refractivity contribution in [2.45, 2.75) is 43.3 Å². The maximum atomic E-state index is 6.42. The Morgan fingerprint density at radius 1 is 0.424 bits per heavy atom. The number of hydrogen-bond acceptors (Lipinski definition) is 6. The lowest BCUT2D eigenvalue weighted by molar-refractivity contribution is -0.107. The van der Waals surface area contributed by atoms with E-state index < -0.39 is 18.9 Å². The molecular formula is C27H26O6. The van der Waals surface area contributed by atoms with E-state index in [4.69, 9.17) is 28.4 Å². The van der Waals surface area contributed by atoms with Crippen LogP contribution in [0, 0.1) is 0 Å². The maximum absolute atomic E-state index is 6.42. The predicted octanol–water partition coefficient (Wildman–Crippen LogP) is 4.70. The minimum Gasteiger partial charge on any atom is -0.346 e. The second-order valence-corrected chi connectivity index (χ2v) is 8.44. The van der Waals surface area contributed by atoms with Gasteiger partial charge < -0.3 is 28.4 Å². The van der Waals surface area contributed by atoms with Gasteiger partial charge in [-0.25, -0.2) is 0 Å². The molecule has 7 atom stereocenters. The summed E-state index contributed by atoms with van der Waals surface area (Å²) < 4.78 is 37.4. The first-order valence-electron chi connectivity index (χ1n) is 11.3. The molecule has 3 aliphatic heterocycles. The van der Waals surface area contributed by atoms with Crippen molar-refractivity contribution in [3.05, 3.63) is 108 Å². The molecule has 0 saturated carbocycles. The molecule has 170 valence electrons. The third kappa shape index (κ3) is 4.34. The molecule has 6 nitrogen and oxygen atoms in total. The fourth-order valence-corrected chi connectivity index (χ4v) is 4.59. The van der Waals surface area contributed by atoms with Crippen LogP contribution in [0.2, 0.25) is 0 Å². The summed E-state index contributed by atoms with van der Waals surface area (Å²) in [7, 11) is 0. The van der Waals surface area contributed by atoms with Crippen molar-refractivity contribution < 1.29 is 28.4 Å². The van der Waals surface area contributed by atoms with Crippen LogP contribution in [0.4, 0.5) is 0 Å². The van der Waals surface area contributed by atoms with E-state index in [0.717, 1.165) is 16.7 Å². The molecule has 0 aromatic heterocycles. The van der Waals surface area contributed by atoms with Gasteiger partial charge in [-0.15, -0.1) is 0 Å². The van der Waals surface area contributed by atoms with Gasteiger partial charge in [-0.05, 0) is 0 Å². The van der Waals surface area contributed by atoms with Gasteiger partial charge in [0.15, 0.2) is 18.9 Å². The molecule has 3 heterocycles. The molecule has 3 fully saturated rings.